The molecule has 2 atom stereocenters. The van der Waals surface area contributed by atoms with Gasteiger partial charge in [-0.25, -0.2) is 4.98 Å². The molecule has 1 saturated heterocycles. The minimum absolute atomic E-state index is 0.0503. The molecule has 0 radical (unpaired) electrons. The van der Waals surface area contributed by atoms with Gasteiger partial charge in [-0.1, -0.05) is 30.3 Å². The van der Waals surface area contributed by atoms with Gasteiger partial charge in [0.15, 0.2) is 5.76 Å². The predicted molar refractivity (Wildman–Crippen MR) is 101 cm³/mol. The Balaban J connectivity index is 1.47. The van der Waals surface area contributed by atoms with Crippen LogP contribution < -0.4 is 5.73 Å². The summed E-state index contributed by atoms with van der Waals surface area (Å²) in [6.07, 6.45) is 1.79. The van der Waals surface area contributed by atoms with Crippen LogP contribution in [-0.4, -0.2) is 35.4 Å². The third-order valence-electron chi connectivity index (χ3n) is 5.27. The van der Waals surface area contributed by atoms with Gasteiger partial charge in [-0.15, -0.1) is 0 Å². The van der Waals surface area contributed by atoms with Crippen LogP contribution >= 0.6 is 0 Å². The minimum Gasteiger partial charge on any atom is -0.459 e. The van der Waals surface area contributed by atoms with Crippen molar-refractivity contribution < 1.29 is 13.6 Å². The molecule has 4 rings (SSSR count). The molecule has 2 N–H and O–H groups in total. The fraction of sp³-hybridized carbons (Fsp3) is 0.333. The van der Waals surface area contributed by atoms with Crippen LogP contribution in [-0.2, 0) is 11.2 Å². The topological polar surface area (TPSA) is 85.5 Å². The molecule has 0 unspecified atom stereocenters. The normalized spacial score (nSPS) is 19.6. The number of likely N-dealkylation sites (tertiary alicyclic amines) is 1. The van der Waals surface area contributed by atoms with Gasteiger partial charge in [0.25, 0.3) is 5.89 Å². The number of nitrogens with zero attached hydrogens (tertiary/aromatic N) is 2. The summed E-state index contributed by atoms with van der Waals surface area (Å²) in [5.74, 6) is 2.21. The van der Waals surface area contributed by atoms with E-state index in [0.29, 0.717) is 42.7 Å². The molecule has 1 fully saturated rings. The number of nitrogens with two attached hydrogens (primary N) is 1. The van der Waals surface area contributed by atoms with Crippen molar-refractivity contribution in [2.45, 2.75) is 19.3 Å². The van der Waals surface area contributed by atoms with Crippen LogP contribution in [0.3, 0.4) is 0 Å². The first kappa shape index (κ1) is 17.5. The van der Waals surface area contributed by atoms with Crippen LogP contribution in [0.2, 0.25) is 0 Å². The van der Waals surface area contributed by atoms with Crippen molar-refractivity contribution in [1.82, 2.24) is 9.88 Å². The summed E-state index contributed by atoms with van der Waals surface area (Å²) in [6, 6.07) is 13.8. The van der Waals surface area contributed by atoms with Gasteiger partial charge in [-0.05, 0) is 37.1 Å². The molecule has 3 aromatic rings. The van der Waals surface area contributed by atoms with E-state index in [1.54, 1.807) is 18.4 Å². The number of benzene rings is 1. The van der Waals surface area contributed by atoms with Crippen LogP contribution in [0.1, 0.15) is 22.9 Å². The number of carbonyl (C=O) groups excluding carboxylic acids is 1. The van der Waals surface area contributed by atoms with E-state index in [9.17, 15) is 4.79 Å². The second-order valence-electron chi connectivity index (χ2n) is 6.99. The van der Waals surface area contributed by atoms with Crippen molar-refractivity contribution >= 4 is 5.91 Å². The SMILES string of the molecule is Cc1oc(-c2ccco2)nc1CC(=O)N1C[C@@H](CN)[C@H](c2ccccc2)C1. The highest BCUT2D eigenvalue weighted by Gasteiger charge is 2.35. The second kappa shape index (κ2) is 7.40. The molecule has 1 aliphatic rings. The second-order valence-corrected chi connectivity index (χ2v) is 6.99. The van der Waals surface area contributed by atoms with Gasteiger partial charge in [-0.3, -0.25) is 4.79 Å². The molecule has 140 valence electrons. The van der Waals surface area contributed by atoms with Crippen molar-refractivity contribution in [2.24, 2.45) is 11.7 Å². The van der Waals surface area contributed by atoms with E-state index in [-0.39, 0.29) is 24.2 Å². The molecule has 1 aromatic carbocycles. The zero-order valence-corrected chi connectivity index (χ0v) is 15.3. The Kier molecular flexibility index (Phi) is 4.81. The summed E-state index contributed by atoms with van der Waals surface area (Å²) in [6.45, 7) is 3.75. The molecule has 1 aliphatic heterocycles. The number of aromatic nitrogens is 1. The first-order valence-corrected chi connectivity index (χ1v) is 9.18. The van der Waals surface area contributed by atoms with Crippen molar-refractivity contribution in [3.05, 3.63) is 65.7 Å². The van der Waals surface area contributed by atoms with Crippen molar-refractivity contribution in [3.63, 3.8) is 0 Å². The standard InChI is InChI=1S/C21H23N3O3/c1-14-18(23-21(27-14)19-8-5-9-26-19)10-20(25)24-12-16(11-22)17(13-24)15-6-3-2-4-7-15/h2-9,16-17H,10-13,22H2,1H3/t16-,17+/m1/s1. The van der Waals surface area contributed by atoms with E-state index in [1.807, 2.05) is 30.0 Å². The summed E-state index contributed by atoms with van der Waals surface area (Å²) in [5, 5.41) is 0. The molecule has 6 nitrogen and oxygen atoms in total. The third-order valence-corrected chi connectivity index (χ3v) is 5.27. The summed E-state index contributed by atoms with van der Waals surface area (Å²) in [4.78, 5) is 19.2. The van der Waals surface area contributed by atoms with Gasteiger partial charge in [-0.2, -0.15) is 0 Å². The molecule has 3 heterocycles. The van der Waals surface area contributed by atoms with Gasteiger partial charge >= 0.3 is 0 Å². The first-order valence-electron chi connectivity index (χ1n) is 9.18. The monoisotopic (exact) mass is 365 g/mol. The number of aryl methyl sites for hydroxylation is 1. The number of oxazole rings is 1. The fourth-order valence-electron chi connectivity index (χ4n) is 3.74. The number of rotatable bonds is 5. The third kappa shape index (κ3) is 3.53. The molecule has 27 heavy (non-hydrogen) atoms. The average Bonchev–Trinajstić information content (AvgIpc) is 3.42. The van der Waals surface area contributed by atoms with Gasteiger partial charge in [0.1, 0.15) is 5.76 Å². The number of carbonyl (C=O) groups is 1. The molecule has 1 amide bonds. The maximum Gasteiger partial charge on any atom is 0.263 e. The molecule has 0 aliphatic carbocycles. The Labute approximate surface area is 158 Å². The highest BCUT2D eigenvalue weighted by molar-refractivity contribution is 5.79. The Morgan fingerprint density at radius 2 is 2.04 bits per heavy atom. The Hall–Kier alpha value is -2.86. The molecule has 6 heteroatoms. The van der Waals surface area contributed by atoms with Crippen molar-refractivity contribution in [1.29, 1.82) is 0 Å². The average molecular weight is 365 g/mol. The van der Waals surface area contributed by atoms with E-state index < -0.39 is 0 Å². The highest BCUT2D eigenvalue weighted by atomic mass is 16.4. The largest absolute Gasteiger partial charge is 0.459 e. The van der Waals surface area contributed by atoms with Crippen LogP contribution in [0.25, 0.3) is 11.7 Å². The molecule has 0 spiro atoms. The van der Waals surface area contributed by atoms with Crippen LogP contribution in [0.15, 0.2) is 57.6 Å². The Morgan fingerprint density at radius 3 is 2.74 bits per heavy atom. The zero-order valence-electron chi connectivity index (χ0n) is 15.3. The quantitative estimate of drug-likeness (QED) is 0.751. The molecular weight excluding hydrogens is 342 g/mol. The Morgan fingerprint density at radius 1 is 1.22 bits per heavy atom. The lowest BCUT2D eigenvalue weighted by Crippen LogP contribution is -2.31. The predicted octanol–water partition coefficient (Wildman–Crippen LogP) is 2.99. The maximum atomic E-state index is 12.9. The summed E-state index contributed by atoms with van der Waals surface area (Å²) < 4.78 is 11.0. The van der Waals surface area contributed by atoms with Crippen LogP contribution in [0.5, 0.6) is 0 Å². The van der Waals surface area contributed by atoms with E-state index >= 15 is 0 Å². The van der Waals surface area contributed by atoms with E-state index in [4.69, 9.17) is 14.6 Å². The van der Waals surface area contributed by atoms with Gasteiger partial charge in [0, 0.05) is 19.0 Å². The van der Waals surface area contributed by atoms with Gasteiger partial charge in [0.2, 0.25) is 5.91 Å². The number of amides is 1. The summed E-state index contributed by atoms with van der Waals surface area (Å²) in [5.41, 5.74) is 7.87. The van der Waals surface area contributed by atoms with Crippen LogP contribution in [0, 0.1) is 12.8 Å². The lowest BCUT2D eigenvalue weighted by atomic mass is 9.89. The smallest absolute Gasteiger partial charge is 0.263 e. The number of hydrogen-bond acceptors (Lipinski definition) is 5. The lowest BCUT2D eigenvalue weighted by Gasteiger charge is -2.16. The Bertz CT molecular complexity index is 902. The molecule has 0 saturated carbocycles. The lowest BCUT2D eigenvalue weighted by molar-refractivity contribution is -0.129. The number of furan rings is 1. The van der Waals surface area contributed by atoms with Crippen molar-refractivity contribution in [2.75, 3.05) is 19.6 Å². The van der Waals surface area contributed by atoms with Crippen LogP contribution in [0.4, 0.5) is 0 Å². The highest BCUT2D eigenvalue weighted by Crippen LogP contribution is 2.32. The summed E-state index contributed by atoms with van der Waals surface area (Å²) in [7, 11) is 0. The zero-order chi connectivity index (χ0) is 18.8. The fourth-order valence-corrected chi connectivity index (χ4v) is 3.74. The van der Waals surface area contributed by atoms with Crippen molar-refractivity contribution in [3.8, 4) is 11.7 Å². The molecular formula is C21H23N3O3. The van der Waals surface area contributed by atoms with Gasteiger partial charge < -0.3 is 19.5 Å². The van der Waals surface area contributed by atoms with E-state index in [1.165, 1.54) is 5.56 Å². The first-order chi connectivity index (χ1) is 13.2. The summed E-state index contributed by atoms with van der Waals surface area (Å²) >= 11 is 0. The van der Waals surface area contributed by atoms with E-state index in [2.05, 4.69) is 17.1 Å². The van der Waals surface area contributed by atoms with E-state index in [0.717, 1.165) is 0 Å². The minimum atomic E-state index is 0.0503. The molecule has 2 aromatic heterocycles. The van der Waals surface area contributed by atoms with Gasteiger partial charge in [0.05, 0.1) is 18.4 Å². The number of hydrogen-bond donors (Lipinski definition) is 1. The maximum absolute atomic E-state index is 12.9. The molecule has 0 bridgehead atoms.